The van der Waals surface area contributed by atoms with Gasteiger partial charge in [0, 0.05) is 5.69 Å². The van der Waals surface area contributed by atoms with Gasteiger partial charge < -0.3 is 5.32 Å². The molecule has 3 heteroatoms. The van der Waals surface area contributed by atoms with E-state index in [0.29, 0.717) is 5.69 Å². The molecule has 0 unspecified atom stereocenters. The van der Waals surface area contributed by atoms with Gasteiger partial charge in [-0.25, -0.2) is 0 Å². The summed E-state index contributed by atoms with van der Waals surface area (Å²) >= 11 is 0. The van der Waals surface area contributed by atoms with E-state index in [-0.39, 0.29) is 5.57 Å². The number of rotatable bonds is 3. The number of amides is 1. The topological polar surface area (TPSA) is 52.9 Å². The molecule has 3 nitrogen and oxygen atoms in total. The van der Waals surface area contributed by atoms with E-state index in [1.807, 2.05) is 70.2 Å². The highest BCUT2D eigenvalue weighted by Gasteiger charge is 2.10. The number of hydrogen-bond donors (Lipinski definition) is 1. The number of nitrogens with one attached hydrogen (secondary N) is 1. The Morgan fingerprint density at radius 3 is 2.35 bits per heavy atom. The molecule has 1 N–H and O–H groups in total. The van der Waals surface area contributed by atoms with E-state index in [1.165, 1.54) is 0 Å². The highest BCUT2D eigenvalue weighted by atomic mass is 16.1. The lowest BCUT2D eigenvalue weighted by atomic mass is 10.0. The number of anilines is 1. The Morgan fingerprint density at radius 1 is 1.00 bits per heavy atom. The van der Waals surface area contributed by atoms with Crippen molar-refractivity contribution in [3.05, 3.63) is 69.8 Å². The Morgan fingerprint density at radius 2 is 1.70 bits per heavy atom. The first-order valence-electron chi connectivity index (χ1n) is 7.48. The number of aryl methyl sites for hydroxylation is 4. The van der Waals surface area contributed by atoms with Crippen molar-refractivity contribution in [1.29, 1.82) is 5.26 Å². The van der Waals surface area contributed by atoms with Gasteiger partial charge in [0.1, 0.15) is 11.6 Å². The Balaban J connectivity index is 2.28. The van der Waals surface area contributed by atoms with E-state index < -0.39 is 5.91 Å². The van der Waals surface area contributed by atoms with Crippen LogP contribution in [0.25, 0.3) is 6.08 Å². The van der Waals surface area contributed by atoms with Crippen LogP contribution in [0.1, 0.15) is 27.8 Å². The molecule has 0 spiro atoms. The second-order valence-corrected chi connectivity index (χ2v) is 5.78. The molecule has 0 saturated carbocycles. The Hall–Kier alpha value is -2.86. The molecular weight excluding hydrogens is 284 g/mol. The molecule has 0 atom stereocenters. The van der Waals surface area contributed by atoms with Crippen LogP contribution >= 0.6 is 0 Å². The number of nitriles is 1. The molecule has 0 radical (unpaired) electrons. The maximum atomic E-state index is 12.3. The zero-order valence-electron chi connectivity index (χ0n) is 13.9. The fourth-order valence-electron chi connectivity index (χ4n) is 2.24. The first-order valence-corrected chi connectivity index (χ1v) is 7.48. The summed E-state index contributed by atoms with van der Waals surface area (Å²) in [5.74, 6) is -0.392. The molecule has 2 aromatic carbocycles. The molecule has 0 aliphatic heterocycles. The molecule has 0 aliphatic carbocycles. The third kappa shape index (κ3) is 4.08. The quantitative estimate of drug-likeness (QED) is 0.672. The normalized spacial score (nSPS) is 11.0. The largest absolute Gasteiger partial charge is 0.321 e. The maximum Gasteiger partial charge on any atom is 0.266 e. The van der Waals surface area contributed by atoms with Crippen LogP contribution in [0.15, 0.2) is 42.0 Å². The monoisotopic (exact) mass is 304 g/mol. The molecule has 2 rings (SSSR count). The lowest BCUT2D eigenvalue weighted by Gasteiger charge is -2.08. The molecule has 1 amide bonds. The van der Waals surface area contributed by atoms with Gasteiger partial charge in [0.2, 0.25) is 0 Å². The van der Waals surface area contributed by atoms with Crippen molar-refractivity contribution >= 4 is 17.7 Å². The minimum Gasteiger partial charge on any atom is -0.321 e. The number of benzene rings is 2. The molecule has 0 bridgehead atoms. The SMILES string of the molecule is Cc1ccc(C)c(/C=C(\C#N)C(=O)Nc2ccc(C)c(C)c2)c1. The average molecular weight is 304 g/mol. The van der Waals surface area contributed by atoms with Gasteiger partial charge >= 0.3 is 0 Å². The van der Waals surface area contributed by atoms with Gasteiger partial charge in [-0.3, -0.25) is 4.79 Å². The number of carbonyl (C=O) groups is 1. The summed E-state index contributed by atoms with van der Waals surface area (Å²) in [7, 11) is 0. The van der Waals surface area contributed by atoms with Gasteiger partial charge in [0.15, 0.2) is 0 Å². The highest BCUT2D eigenvalue weighted by molar-refractivity contribution is 6.09. The van der Waals surface area contributed by atoms with E-state index in [2.05, 4.69) is 5.32 Å². The summed E-state index contributed by atoms with van der Waals surface area (Å²) in [6.45, 7) is 7.95. The van der Waals surface area contributed by atoms with Crippen molar-refractivity contribution in [2.75, 3.05) is 5.32 Å². The van der Waals surface area contributed by atoms with E-state index in [1.54, 1.807) is 6.08 Å². The fraction of sp³-hybridized carbons (Fsp3) is 0.200. The van der Waals surface area contributed by atoms with Crippen LogP contribution in [0, 0.1) is 39.0 Å². The van der Waals surface area contributed by atoms with Crippen molar-refractivity contribution < 1.29 is 4.79 Å². The van der Waals surface area contributed by atoms with E-state index in [9.17, 15) is 10.1 Å². The standard InChI is InChI=1S/C20H20N2O/c1-13-5-6-15(3)17(9-13)11-18(12-21)20(23)22-19-8-7-14(2)16(4)10-19/h5-11H,1-4H3,(H,22,23)/b18-11+. The molecule has 116 valence electrons. The Bertz CT molecular complexity index is 826. The third-order valence-corrected chi connectivity index (χ3v) is 3.86. The summed E-state index contributed by atoms with van der Waals surface area (Å²) in [5, 5.41) is 12.1. The second-order valence-electron chi connectivity index (χ2n) is 5.78. The van der Waals surface area contributed by atoms with Crippen LogP contribution in [0.5, 0.6) is 0 Å². The van der Waals surface area contributed by atoms with Crippen molar-refractivity contribution in [2.24, 2.45) is 0 Å². The summed E-state index contributed by atoms with van der Waals surface area (Å²) in [6, 6.07) is 13.6. The zero-order valence-corrected chi connectivity index (χ0v) is 13.9. The average Bonchev–Trinajstić information content (AvgIpc) is 2.51. The third-order valence-electron chi connectivity index (χ3n) is 3.86. The predicted molar refractivity (Wildman–Crippen MR) is 94.1 cm³/mol. The van der Waals surface area contributed by atoms with Crippen molar-refractivity contribution in [1.82, 2.24) is 0 Å². The summed E-state index contributed by atoms with van der Waals surface area (Å²) in [4.78, 5) is 12.3. The van der Waals surface area contributed by atoms with Crippen molar-refractivity contribution in [2.45, 2.75) is 27.7 Å². The first kappa shape index (κ1) is 16.5. The number of nitrogens with zero attached hydrogens (tertiary/aromatic N) is 1. The second kappa shape index (κ2) is 6.93. The molecule has 0 aromatic heterocycles. The van der Waals surface area contributed by atoms with Gasteiger partial charge in [0.25, 0.3) is 5.91 Å². The highest BCUT2D eigenvalue weighted by Crippen LogP contribution is 2.17. The lowest BCUT2D eigenvalue weighted by Crippen LogP contribution is -2.13. The van der Waals surface area contributed by atoms with Crippen LogP contribution in [0.3, 0.4) is 0 Å². The van der Waals surface area contributed by atoms with Crippen molar-refractivity contribution in [3.63, 3.8) is 0 Å². The Labute approximate surface area is 137 Å². The van der Waals surface area contributed by atoms with Crippen LogP contribution in [-0.4, -0.2) is 5.91 Å². The summed E-state index contributed by atoms with van der Waals surface area (Å²) in [5.41, 5.74) is 6.05. The van der Waals surface area contributed by atoms with Gasteiger partial charge in [-0.05, 0) is 68.2 Å². The van der Waals surface area contributed by atoms with Gasteiger partial charge in [-0.1, -0.05) is 29.8 Å². The molecule has 23 heavy (non-hydrogen) atoms. The smallest absolute Gasteiger partial charge is 0.266 e. The van der Waals surface area contributed by atoms with E-state index in [0.717, 1.165) is 27.8 Å². The summed E-state index contributed by atoms with van der Waals surface area (Å²) in [6.07, 6.45) is 1.64. The molecule has 0 aliphatic rings. The molecule has 0 saturated heterocycles. The lowest BCUT2D eigenvalue weighted by molar-refractivity contribution is -0.112. The number of hydrogen-bond acceptors (Lipinski definition) is 2. The minimum atomic E-state index is -0.392. The van der Waals surface area contributed by atoms with Crippen molar-refractivity contribution in [3.8, 4) is 6.07 Å². The Kier molecular flexibility index (Phi) is 4.98. The van der Waals surface area contributed by atoms with Crippen LogP contribution in [0.4, 0.5) is 5.69 Å². The maximum absolute atomic E-state index is 12.3. The molecule has 0 heterocycles. The molecule has 2 aromatic rings. The molecular formula is C20H20N2O. The zero-order chi connectivity index (χ0) is 17.0. The first-order chi connectivity index (χ1) is 10.9. The van der Waals surface area contributed by atoms with Gasteiger partial charge in [-0.15, -0.1) is 0 Å². The molecule has 0 fully saturated rings. The van der Waals surface area contributed by atoms with Gasteiger partial charge in [0.05, 0.1) is 0 Å². The summed E-state index contributed by atoms with van der Waals surface area (Å²) < 4.78 is 0. The van der Waals surface area contributed by atoms with E-state index >= 15 is 0 Å². The van der Waals surface area contributed by atoms with Crippen LogP contribution in [0.2, 0.25) is 0 Å². The van der Waals surface area contributed by atoms with E-state index in [4.69, 9.17) is 0 Å². The van der Waals surface area contributed by atoms with Crippen LogP contribution < -0.4 is 5.32 Å². The predicted octanol–water partition coefficient (Wildman–Crippen LogP) is 4.47. The fourth-order valence-corrected chi connectivity index (χ4v) is 2.24. The van der Waals surface area contributed by atoms with Crippen LogP contribution in [-0.2, 0) is 4.79 Å². The number of carbonyl (C=O) groups excluding carboxylic acids is 1. The van der Waals surface area contributed by atoms with Gasteiger partial charge in [-0.2, -0.15) is 5.26 Å². The minimum absolute atomic E-state index is 0.0944.